The first-order valence-electron chi connectivity index (χ1n) is 2.09. The third kappa shape index (κ3) is 5.75. The van der Waals surface area contributed by atoms with E-state index in [2.05, 4.69) is 23.0 Å². The number of nitrogens with zero attached hydrogens (tertiary/aromatic N) is 2. The van der Waals surface area contributed by atoms with Crippen LogP contribution in [0.5, 0.6) is 0 Å². The average Bonchev–Trinajstić information content (AvgIpc) is 1.69. The summed E-state index contributed by atoms with van der Waals surface area (Å²) in [7, 11) is 0. The predicted molar refractivity (Wildman–Crippen MR) is 32.4 cm³/mol. The van der Waals surface area contributed by atoms with Crippen molar-refractivity contribution in [1.82, 2.24) is 0 Å². The molecule has 0 amide bonds. The van der Waals surface area contributed by atoms with Crippen LogP contribution in [0.15, 0.2) is 10.3 Å². The Labute approximate surface area is 48.4 Å². The Kier molecular flexibility index (Phi) is 5.54. The van der Waals surface area contributed by atoms with E-state index in [1.165, 1.54) is 0 Å². The molecule has 0 unspecified atom stereocenters. The van der Waals surface area contributed by atoms with Crippen LogP contribution in [0.25, 0.3) is 0 Å². The van der Waals surface area contributed by atoms with Crippen LogP contribution in [0.3, 0.4) is 0 Å². The molecular weight excluding hydrogens is 110 g/mol. The SMILES string of the molecule is NN=NCCCS. The maximum Gasteiger partial charge on any atom is 0.0627 e. The lowest BCUT2D eigenvalue weighted by atomic mass is 10.5. The molecule has 0 saturated heterocycles. The van der Waals surface area contributed by atoms with E-state index in [0.29, 0.717) is 6.54 Å². The minimum absolute atomic E-state index is 0.694. The van der Waals surface area contributed by atoms with Crippen molar-refractivity contribution in [2.75, 3.05) is 12.3 Å². The van der Waals surface area contributed by atoms with E-state index in [4.69, 9.17) is 5.84 Å². The highest BCUT2D eigenvalue weighted by molar-refractivity contribution is 7.80. The van der Waals surface area contributed by atoms with Crippen LogP contribution in [0, 0.1) is 0 Å². The first-order chi connectivity index (χ1) is 3.41. The normalized spacial score (nSPS) is 10.4. The molecule has 0 aromatic heterocycles. The average molecular weight is 119 g/mol. The Morgan fingerprint density at radius 1 is 1.57 bits per heavy atom. The van der Waals surface area contributed by atoms with Gasteiger partial charge < -0.3 is 5.84 Å². The Morgan fingerprint density at radius 2 is 2.29 bits per heavy atom. The molecule has 0 aromatic rings. The zero-order chi connectivity index (χ0) is 5.54. The van der Waals surface area contributed by atoms with Crippen molar-refractivity contribution in [3.8, 4) is 0 Å². The molecule has 0 fully saturated rings. The number of thiol groups is 1. The van der Waals surface area contributed by atoms with E-state index < -0.39 is 0 Å². The standard InChI is InChI=1S/C3H9N3S/c4-6-5-2-1-3-7/h7H,1-3H2,(H2,4,5). The topological polar surface area (TPSA) is 50.7 Å². The zero-order valence-corrected chi connectivity index (χ0v) is 4.93. The van der Waals surface area contributed by atoms with E-state index >= 15 is 0 Å². The molecular formula is C3H9N3S. The monoisotopic (exact) mass is 119 g/mol. The molecule has 0 rings (SSSR count). The van der Waals surface area contributed by atoms with Gasteiger partial charge in [0.25, 0.3) is 0 Å². The summed E-state index contributed by atoms with van der Waals surface area (Å²) in [4.78, 5) is 0. The molecule has 0 spiro atoms. The molecule has 4 heteroatoms. The van der Waals surface area contributed by atoms with Gasteiger partial charge in [0, 0.05) is 0 Å². The highest BCUT2D eigenvalue weighted by Gasteiger charge is 1.75. The van der Waals surface area contributed by atoms with Crippen LogP contribution in [-0.2, 0) is 0 Å². The molecule has 2 N–H and O–H groups in total. The second-order valence-corrected chi connectivity index (χ2v) is 1.50. The second kappa shape index (κ2) is 5.75. The lowest BCUT2D eigenvalue weighted by Gasteiger charge is -1.82. The number of rotatable bonds is 3. The lowest BCUT2D eigenvalue weighted by Crippen LogP contribution is -1.82. The molecule has 0 aliphatic carbocycles. The summed E-state index contributed by atoms with van der Waals surface area (Å²) >= 11 is 3.95. The van der Waals surface area contributed by atoms with Crippen LogP contribution in [0.4, 0.5) is 0 Å². The Hall–Kier alpha value is -0.250. The van der Waals surface area contributed by atoms with Gasteiger partial charge in [0.05, 0.1) is 6.54 Å². The van der Waals surface area contributed by atoms with Gasteiger partial charge in [-0.2, -0.15) is 17.7 Å². The molecule has 0 aliphatic heterocycles. The molecule has 0 aromatic carbocycles. The Morgan fingerprint density at radius 3 is 2.71 bits per heavy atom. The van der Waals surface area contributed by atoms with Gasteiger partial charge in [-0.3, -0.25) is 0 Å². The van der Waals surface area contributed by atoms with Gasteiger partial charge in [-0.1, -0.05) is 5.22 Å². The summed E-state index contributed by atoms with van der Waals surface area (Å²) in [6, 6.07) is 0. The maximum absolute atomic E-state index is 4.70. The number of hydrogen-bond donors (Lipinski definition) is 2. The van der Waals surface area contributed by atoms with Crippen LogP contribution in [-0.4, -0.2) is 12.3 Å². The van der Waals surface area contributed by atoms with Crippen molar-refractivity contribution < 1.29 is 0 Å². The summed E-state index contributed by atoms with van der Waals surface area (Å²) < 4.78 is 0. The summed E-state index contributed by atoms with van der Waals surface area (Å²) in [6.07, 6.45) is 0.948. The van der Waals surface area contributed by atoms with Gasteiger partial charge in [-0.05, 0) is 12.2 Å². The predicted octanol–water partition coefficient (Wildman–Crippen LogP) is 0.632. The molecule has 3 nitrogen and oxygen atoms in total. The van der Waals surface area contributed by atoms with Crippen molar-refractivity contribution in [3.63, 3.8) is 0 Å². The second-order valence-electron chi connectivity index (χ2n) is 1.06. The highest BCUT2D eigenvalue weighted by Crippen LogP contribution is 1.82. The van der Waals surface area contributed by atoms with Crippen LogP contribution in [0.2, 0.25) is 0 Å². The highest BCUT2D eigenvalue weighted by atomic mass is 32.1. The lowest BCUT2D eigenvalue weighted by molar-refractivity contribution is 0.847. The molecule has 0 atom stereocenters. The van der Waals surface area contributed by atoms with Gasteiger partial charge >= 0.3 is 0 Å². The van der Waals surface area contributed by atoms with E-state index in [0.717, 1.165) is 12.2 Å². The largest absolute Gasteiger partial charge is 0.305 e. The van der Waals surface area contributed by atoms with Crippen molar-refractivity contribution in [1.29, 1.82) is 0 Å². The Balaban J connectivity index is 2.69. The van der Waals surface area contributed by atoms with Gasteiger partial charge in [-0.15, -0.1) is 0 Å². The summed E-state index contributed by atoms with van der Waals surface area (Å²) in [5.74, 6) is 5.55. The van der Waals surface area contributed by atoms with E-state index in [-0.39, 0.29) is 0 Å². The van der Waals surface area contributed by atoms with E-state index in [1.807, 2.05) is 0 Å². The summed E-state index contributed by atoms with van der Waals surface area (Å²) in [5, 5.41) is 6.58. The first kappa shape index (κ1) is 6.75. The molecule has 0 heterocycles. The molecule has 0 saturated carbocycles. The third-order valence-electron chi connectivity index (χ3n) is 0.498. The quantitative estimate of drug-likeness (QED) is 0.185. The maximum atomic E-state index is 4.70. The van der Waals surface area contributed by atoms with E-state index in [1.54, 1.807) is 0 Å². The van der Waals surface area contributed by atoms with Crippen LogP contribution < -0.4 is 5.84 Å². The minimum atomic E-state index is 0.694. The first-order valence-corrected chi connectivity index (χ1v) is 2.72. The summed E-state index contributed by atoms with van der Waals surface area (Å²) in [6.45, 7) is 0.694. The van der Waals surface area contributed by atoms with Crippen molar-refractivity contribution >= 4 is 12.6 Å². The molecule has 0 aliphatic rings. The summed E-state index contributed by atoms with van der Waals surface area (Å²) in [5.41, 5.74) is 0. The molecule has 0 bridgehead atoms. The minimum Gasteiger partial charge on any atom is -0.305 e. The van der Waals surface area contributed by atoms with Crippen molar-refractivity contribution in [3.05, 3.63) is 0 Å². The van der Waals surface area contributed by atoms with Gasteiger partial charge in [0.2, 0.25) is 0 Å². The van der Waals surface area contributed by atoms with Gasteiger partial charge in [-0.25, -0.2) is 0 Å². The molecule has 42 valence electrons. The van der Waals surface area contributed by atoms with Crippen molar-refractivity contribution in [2.24, 2.45) is 16.2 Å². The van der Waals surface area contributed by atoms with Crippen LogP contribution in [0.1, 0.15) is 6.42 Å². The number of nitrogens with two attached hydrogens (primary N) is 1. The number of hydrogen-bond acceptors (Lipinski definition) is 3. The Bertz CT molecular complexity index is 54.1. The smallest absolute Gasteiger partial charge is 0.0627 e. The zero-order valence-electron chi connectivity index (χ0n) is 4.04. The fraction of sp³-hybridized carbons (Fsp3) is 1.00. The van der Waals surface area contributed by atoms with Crippen molar-refractivity contribution in [2.45, 2.75) is 6.42 Å². The molecule has 0 radical (unpaired) electrons. The third-order valence-corrected chi connectivity index (χ3v) is 0.814. The fourth-order valence-electron chi connectivity index (χ4n) is 0.199. The van der Waals surface area contributed by atoms with Gasteiger partial charge in [0.15, 0.2) is 0 Å². The van der Waals surface area contributed by atoms with Gasteiger partial charge in [0.1, 0.15) is 0 Å². The fourth-order valence-corrected chi connectivity index (χ4v) is 0.341. The van der Waals surface area contributed by atoms with Crippen LogP contribution >= 0.6 is 12.6 Å². The molecule has 7 heavy (non-hydrogen) atoms. The van der Waals surface area contributed by atoms with E-state index in [9.17, 15) is 0 Å².